The van der Waals surface area contributed by atoms with Crippen LogP contribution in [-0.2, 0) is 4.74 Å². The Morgan fingerprint density at radius 1 is 1.28 bits per heavy atom. The van der Waals surface area contributed by atoms with Crippen molar-refractivity contribution >= 4 is 17.5 Å². The standard InChI is InChI=1S/C11H13N3O4/c1-11(2,3)18-10(15)13-12-8-4-6-9(7-5-8)14(16)17/h4-7H,1-3H3. The van der Waals surface area contributed by atoms with Crippen LogP contribution in [0.15, 0.2) is 34.5 Å². The lowest BCUT2D eigenvalue weighted by atomic mass is 10.2. The number of non-ortho nitro benzene ring substituents is 1. The molecule has 0 radical (unpaired) electrons. The number of nitrogens with zero attached hydrogens (tertiary/aromatic N) is 3. The van der Waals surface area contributed by atoms with E-state index >= 15 is 0 Å². The van der Waals surface area contributed by atoms with Gasteiger partial charge in [-0.3, -0.25) is 10.1 Å². The lowest BCUT2D eigenvalue weighted by molar-refractivity contribution is -0.384. The van der Waals surface area contributed by atoms with Gasteiger partial charge in [0.05, 0.1) is 10.6 Å². The summed E-state index contributed by atoms with van der Waals surface area (Å²) in [7, 11) is 0. The average Bonchev–Trinajstić information content (AvgIpc) is 2.24. The summed E-state index contributed by atoms with van der Waals surface area (Å²) in [5.41, 5.74) is -0.344. The summed E-state index contributed by atoms with van der Waals surface area (Å²) in [6.07, 6.45) is -0.805. The number of rotatable bonds is 2. The van der Waals surface area contributed by atoms with Gasteiger partial charge in [-0.05, 0) is 32.9 Å². The van der Waals surface area contributed by atoms with Gasteiger partial charge in [0.1, 0.15) is 5.60 Å². The van der Waals surface area contributed by atoms with Crippen LogP contribution in [0.3, 0.4) is 0 Å². The molecule has 0 aliphatic carbocycles. The van der Waals surface area contributed by atoms with Gasteiger partial charge in [-0.15, -0.1) is 5.11 Å². The summed E-state index contributed by atoms with van der Waals surface area (Å²) in [5, 5.41) is 17.4. The van der Waals surface area contributed by atoms with Gasteiger partial charge < -0.3 is 4.74 Å². The van der Waals surface area contributed by atoms with E-state index in [0.29, 0.717) is 5.69 Å². The zero-order valence-corrected chi connectivity index (χ0v) is 10.3. The van der Waals surface area contributed by atoms with E-state index in [-0.39, 0.29) is 5.69 Å². The largest absolute Gasteiger partial charge is 0.452 e. The molecule has 96 valence electrons. The molecule has 18 heavy (non-hydrogen) atoms. The van der Waals surface area contributed by atoms with Gasteiger partial charge in [-0.25, -0.2) is 4.79 Å². The van der Waals surface area contributed by atoms with Crippen molar-refractivity contribution < 1.29 is 14.5 Å². The van der Waals surface area contributed by atoms with Crippen LogP contribution in [0.25, 0.3) is 0 Å². The number of hydrogen-bond donors (Lipinski definition) is 0. The van der Waals surface area contributed by atoms with Crippen molar-refractivity contribution in [2.45, 2.75) is 26.4 Å². The Kier molecular flexibility index (Phi) is 4.09. The van der Waals surface area contributed by atoms with E-state index in [4.69, 9.17) is 4.74 Å². The van der Waals surface area contributed by atoms with Gasteiger partial charge in [0.25, 0.3) is 5.69 Å². The van der Waals surface area contributed by atoms with Crippen LogP contribution in [0.4, 0.5) is 16.2 Å². The number of carbonyl (C=O) groups excluding carboxylic acids is 1. The molecule has 0 atom stereocenters. The first-order valence-electron chi connectivity index (χ1n) is 5.17. The second-order valence-corrected chi connectivity index (χ2v) is 4.45. The molecule has 0 aliphatic heterocycles. The second kappa shape index (κ2) is 5.35. The van der Waals surface area contributed by atoms with Gasteiger partial charge in [0.2, 0.25) is 0 Å². The van der Waals surface area contributed by atoms with Crippen molar-refractivity contribution in [2.75, 3.05) is 0 Å². The third kappa shape index (κ3) is 4.69. The minimum absolute atomic E-state index is 0.0498. The fourth-order valence-electron chi connectivity index (χ4n) is 1.02. The Bertz CT molecular complexity index is 474. The van der Waals surface area contributed by atoms with Crippen LogP contribution in [0.5, 0.6) is 0 Å². The van der Waals surface area contributed by atoms with Crippen LogP contribution in [0.2, 0.25) is 0 Å². The molecular formula is C11H13N3O4. The number of nitro groups is 1. The molecule has 0 saturated carbocycles. The molecule has 0 aliphatic rings. The molecule has 1 amide bonds. The third-order valence-corrected chi connectivity index (χ3v) is 1.70. The molecule has 1 aromatic carbocycles. The van der Waals surface area contributed by atoms with Crippen molar-refractivity contribution in [3.8, 4) is 0 Å². The van der Waals surface area contributed by atoms with E-state index in [1.165, 1.54) is 24.3 Å². The second-order valence-electron chi connectivity index (χ2n) is 4.45. The molecule has 0 spiro atoms. The van der Waals surface area contributed by atoms with Crippen LogP contribution in [0.1, 0.15) is 20.8 Å². The molecule has 1 aromatic rings. The van der Waals surface area contributed by atoms with Crippen LogP contribution in [-0.4, -0.2) is 16.6 Å². The summed E-state index contributed by atoms with van der Waals surface area (Å²) in [6, 6.07) is 5.35. The molecule has 0 saturated heterocycles. The number of hydrogen-bond acceptors (Lipinski definition) is 5. The summed E-state index contributed by atoms with van der Waals surface area (Å²) in [4.78, 5) is 21.1. The minimum Gasteiger partial charge on any atom is -0.441 e. The van der Waals surface area contributed by atoms with Gasteiger partial charge in [0.15, 0.2) is 0 Å². The molecular weight excluding hydrogens is 238 g/mol. The Labute approximate surface area is 104 Å². The zero-order chi connectivity index (χ0) is 13.8. The van der Waals surface area contributed by atoms with Crippen LogP contribution in [0, 0.1) is 10.1 Å². The van der Waals surface area contributed by atoms with Crippen molar-refractivity contribution in [3.05, 3.63) is 34.4 Å². The predicted octanol–water partition coefficient (Wildman–Crippen LogP) is 3.61. The van der Waals surface area contributed by atoms with Gasteiger partial charge in [-0.1, -0.05) is 5.11 Å². The summed E-state index contributed by atoms with van der Waals surface area (Å²) in [5.74, 6) is 0. The first-order valence-corrected chi connectivity index (χ1v) is 5.17. The number of amides is 1. The molecule has 1 rings (SSSR count). The normalized spacial score (nSPS) is 11.5. The molecule has 0 N–H and O–H groups in total. The molecule has 7 heteroatoms. The van der Waals surface area contributed by atoms with Crippen molar-refractivity contribution in [3.63, 3.8) is 0 Å². The molecule has 0 fully saturated rings. The van der Waals surface area contributed by atoms with E-state index in [1.54, 1.807) is 20.8 Å². The first-order chi connectivity index (χ1) is 8.28. The molecule has 7 nitrogen and oxygen atoms in total. The Morgan fingerprint density at radius 2 is 1.83 bits per heavy atom. The number of benzene rings is 1. The number of ether oxygens (including phenoxy) is 1. The van der Waals surface area contributed by atoms with Crippen molar-refractivity contribution in [1.29, 1.82) is 0 Å². The SMILES string of the molecule is CC(C)(C)OC(=O)N=Nc1ccc([N+](=O)[O-])cc1. The third-order valence-electron chi connectivity index (χ3n) is 1.70. The van der Waals surface area contributed by atoms with E-state index < -0.39 is 16.6 Å². The Morgan fingerprint density at radius 3 is 2.28 bits per heavy atom. The van der Waals surface area contributed by atoms with E-state index in [1.807, 2.05) is 0 Å². The lowest BCUT2D eigenvalue weighted by Crippen LogP contribution is -2.21. The highest BCUT2D eigenvalue weighted by atomic mass is 16.6. The molecule has 0 unspecified atom stereocenters. The maximum atomic E-state index is 11.2. The van der Waals surface area contributed by atoms with Crippen molar-refractivity contribution in [1.82, 2.24) is 0 Å². The number of carbonyl (C=O) groups is 1. The van der Waals surface area contributed by atoms with Crippen LogP contribution < -0.4 is 0 Å². The van der Waals surface area contributed by atoms with Gasteiger partial charge in [0, 0.05) is 12.1 Å². The maximum Gasteiger partial charge on any atom is 0.452 e. The highest BCUT2D eigenvalue weighted by molar-refractivity contribution is 5.68. The Balaban J connectivity index is 2.67. The fraction of sp³-hybridized carbons (Fsp3) is 0.364. The van der Waals surface area contributed by atoms with Gasteiger partial charge in [-0.2, -0.15) is 0 Å². The average molecular weight is 251 g/mol. The van der Waals surface area contributed by atoms with Crippen LogP contribution >= 0.6 is 0 Å². The fourth-order valence-corrected chi connectivity index (χ4v) is 1.02. The predicted molar refractivity (Wildman–Crippen MR) is 63.8 cm³/mol. The molecule has 0 aromatic heterocycles. The van der Waals surface area contributed by atoms with E-state index in [9.17, 15) is 14.9 Å². The van der Waals surface area contributed by atoms with E-state index in [2.05, 4.69) is 10.2 Å². The number of azo groups is 1. The maximum absolute atomic E-state index is 11.2. The highest BCUT2D eigenvalue weighted by Crippen LogP contribution is 2.18. The summed E-state index contributed by atoms with van der Waals surface area (Å²) < 4.78 is 4.91. The lowest BCUT2D eigenvalue weighted by Gasteiger charge is -2.16. The number of nitro benzene ring substituents is 1. The zero-order valence-electron chi connectivity index (χ0n) is 10.3. The first kappa shape index (κ1) is 13.8. The topological polar surface area (TPSA) is 94.2 Å². The Hall–Kier alpha value is -2.31. The summed E-state index contributed by atoms with van der Waals surface area (Å²) >= 11 is 0. The quantitative estimate of drug-likeness (QED) is 0.455. The van der Waals surface area contributed by atoms with Crippen molar-refractivity contribution in [2.24, 2.45) is 10.2 Å². The minimum atomic E-state index is -0.805. The van der Waals surface area contributed by atoms with E-state index in [0.717, 1.165) is 0 Å². The summed E-state index contributed by atoms with van der Waals surface area (Å²) in [6.45, 7) is 5.14. The molecule has 0 bridgehead atoms. The monoisotopic (exact) mass is 251 g/mol. The highest BCUT2D eigenvalue weighted by Gasteiger charge is 2.15. The molecule has 0 heterocycles. The smallest absolute Gasteiger partial charge is 0.441 e. The van der Waals surface area contributed by atoms with Gasteiger partial charge >= 0.3 is 6.09 Å².